The lowest BCUT2D eigenvalue weighted by atomic mass is 10.2. The van der Waals surface area contributed by atoms with Gasteiger partial charge >= 0.3 is 0 Å². The Morgan fingerprint density at radius 3 is 2.67 bits per heavy atom. The summed E-state index contributed by atoms with van der Waals surface area (Å²) in [5.41, 5.74) is 2.43. The normalized spacial score (nSPS) is 11.6. The first-order valence-electron chi connectivity index (χ1n) is 6.42. The Bertz CT molecular complexity index is 754. The topological polar surface area (TPSA) is 63.1 Å². The molecule has 0 saturated carbocycles. The third-order valence-electron chi connectivity index (χ3n) is 3.12. The lowest BCUT2D eigenvalue weighted by Crippen LogP contribution is -2.12. The highest BCUT2D eigenvalue weighted by Gasteiger charge is 2.18. The molecule has 0 aliphatic carbocycles. The van der Waals surface area contributed by atoms with Crippen LogP contribution < -0.4 is 10.0 Å². The van der Waals surface area contributed by atoms with Crippen molar-refractivity contribution in [3.05, 3.63) is 46.2 Å². The Balaban J connectivity index is 2.34. The van der Waals surface area contributed by atoms with Gasteiger partial charge in [-0.05, 0) is 53.7 Å². The summed E-state index contributed by atoms with van der Waals surface area (Å²) in [6.45, 7) is 2.53. The van der Waals surface area contributed by atoms with E-state index in [1.165, 1.54) is 0 Å². The van der Waals surface area contributed by atoms with Gasteiger partial charge < -0.3 is 9.88 Å². The molecule has 0 fully saturated rings. The van der Waals surface area contributed by atoms with Crippen molar-refractivity contribution >= 4 is 31.6 Å². The molecule has 0 saturated heterocycles. The Kier molecular flexibility index (Phi) is 4.75. The van der Waals surface area contributed by atoms with Gasteiger partial charge in [-0.3, -0.25) is 4.72 Å². The number of nitrogens with zero attached hydrogens (tertiary/aromatic N) is 1. The predicted octanol–water partition coefficient (Wildman–Crippen LogP) is 2.62. The minimum absolute atomic E-state index is 0.253. The fourth-order valence-electron chi connectivity index (χ4n) is 2.00. The second-order valence-corrected chi connectivity index (χ2v) is 7.43. The zero-order chi connectivity index (χ0) is 15.6. The smallest absolute Gasteiger partial charge is 0.263 e. The van der Waals surface area contributed by atoms with Crippen molar-refractivity contribution in [3.8, 4) is 0 Å². The maximum atomic E-state index is 12.5. The quantitative estimate of drug-likeness (QED) is 0.848. The maximum Gasteiger partial charge on any atom is 0.263 e. The number of aryl methyl sites for hydroxylation is 2. The molecule has 1 heterocycles. The molecule has 0 unspecified atom stereocenters. The lowest BCUT2D eigenvalue weighted by molar-refractivity contribution is 0.601. The number of halogens is 1. The molecular formula is C14H18BrN3O2S. The summed E-state index contributed by atoms with van der Waals surface area (Å²) in [4.78, 5) is 0.253. The first-order chi connectivity index (χ1) is 9.83. The molecule has 1 aromatic carbocycles. The molecule has 114 valence electrons. The Hall–Kier alpha value is -1.31. The third-order valence-corrected chi connectivity index (χ3v) is 5.14. The molecule has 2 aromatic rings. The van der Waals surface area contributed by atoms with Crippen LogP contribution in [-0.4, -0.2) is 20.0 Å². The fraction of sp³-hybridized carbons (Fsp3) is 0.286. The van der Waals surface area contributed by atoms with Crippen LogP contribution in [0.2, 0.25) is 0 Å². The van der Waals surface area contributed by atoms with Crippen LogP contribution in [0.1, 0.15) is 11.3 Å². The van der Waals surface area contributed by atoms with E-state index >= 15 is 0 Å². The highest BCUT2D eigenvalue weighted by Crippen LogP contribution is 2.26. The molecule has 7 heteroatoms. The largest absolute Gasteiger partial charge is 0.352 e. The number of hydrogen-bond donors (Lipinski definition) is 2. The molecule has 0 atom stereocenters. The Labute approximate surface area is 133 Å². The van der Waals surface area contributed by atoms with E-state index in [4.69, 9.17) is 0 Å². The minimum Gasteiger partial charge on any atom is -0.352 e. The van der Waals surface area contributed by atoms with Crippen LogP contribution in [0.15, 0.2) is 39.8 Å². The van der Waals surface area contributed by atoms with E-state index in [1.54, 1.807) is 22.9 Å². The highest BCUT2D eigenvalue weighted by atomic mass is 79.9. The summed E-state index contributed by atoms with van der Waals surface area (Å²) in [5, 5.41) is 3.01. The third kappa shape index (κ3) is 3.66. The van der Waals surface area contributed by atoms with Gasteiger partial charge in [-0.25, -0.2) is 8.42 Å². The second-order valence-electron chi connectivity index (χ2n) is 4.90. The van der Waals surface area contributed by atoms with Crippen molar-refractivity contribution < 1.29 is 8.42 Å². The fourth-order valence-corrected chi connectivity index (χ4v) is 3.64. The molecule has 0 radical (unpaired) electrons. The number of aromatic nitrogens is 1. The minimum atomic E-state index is -3.60. The zero-order valence-corrected chi connectivity index (χ0v) is 14.5. The van der Waals surface area contributed by atoms with Crippen LogP contribution in [0.25, 0.3) is 0 Å². The van der Waals surface area contributed by atoms with Crippen LogP contribution in [-0.2, 0) is 23.6 Å². The van der Waals surface area contributed by atoms with Crippen molar-refractivity contribution in [2.24, 2.45) is 7.05 Å². The maximum absolute atomic E-state index is 12.5. The summed E-state index contributed by atoms with van der Waals surface area (Å²) in [5.74, 6) is 0. The standard InChI is InChI=1S/C14H18BrN3O2S/c1-10-4-5-13(15)14(6-10)17-21(19,20)12-7-11(8-16-2)18(3)9-12/h4-7,9,16-17H,8H2,1-3H3. The number of anilines is 1. The number of rotatable bonds is 5. The molecule has 21 heavy (non-hydrogen) atoms. The van der Waals surface area contributed by atoms with E-state index < -0.39 is 10.0 Å². The Morgan fingerprint density at radius 2 is 2.00 bits per heavy atom. The van der Waals surface area contributed by atoms with E-state index in [1.807, 2.05) is 33.2 Å². The van der Waals surface area contributed by atoms with Gasteiger partial charge in [-0.15, -0.1) is 0 Å². The van der Waals surface area contributed by atoms with Crippen LogP contribution in [0, 0.1) is 6.92 Å². The summed E-state index contributed by atoms with van der Waals surface area (Å²) in [7, 11) is 0.0492. The van der Waals surface area contributed by atoms with Gasteiger partial charge in [0.2, 0.25) is 0 Å². The molecule has 1 aromatic heterocycles. The molecule has 0 bridgehead atoms. The first-order valence-corrected chi connectivity index (χ1v) is 8.70. The average Bonchev–Trinajstić information content (AvgIpc) is 2.77. The molecule has 2 rings (SSSR count). The molecule has 0 spiro atoms. The molecule has 2 N–H and O–H groups in total. The summed E-state index contributed by atoms with van der Waals surface area (Å²) < 4.78 is 30.1. The van der Waals surface area contributed by atoms with Crippen LogP contribution in [0.3, 0.4) is 0 Å². The van der Waals surface area contributed by atoms with Gasteiger partial charge in [0.25, 0.3) is 10.0 Å². The zero-order valence-electron chi connectivity index (χ0n) is 12.1. The predicted molar refractivity (Wildman–Crippen MR) is 87.9 cm³/mol. The van der Waals surface area contributed by atoms with E-state index in [9.17, 15) is 8.42 Å². The van der Waals surface area contributed by atoms with Crippen molar-refractivity contribution in [1.29, 1.82) is 0 Å². The van der Waals surface area contributed by atoms with Crippen LogP contribution >= 0.6 is 15.9 Å². The van der Waals surface area contributed by atoms with Gasteiger partial charge in [0.05, 0.1) is 5.69 Å². The number of nitrogens with one attached hydrogen (secondary N) is 2. The SMILES string of the molecule is CNCc1cc(S(=O)(=O)Nc2cc(C)ccc2Br)cn1C. The average molecular weight is 372 g/mol. The van der Waals surface area contributed by atoms with E-state index in [0.29, 0.717) is 16.7 Å². The van der Waals surface area contributed by atoms with Crippen LogP contribution in [0.5, 0.6) is 0 Å². The molecule has 0 aliphatic rings. The van der Waals surface area contributed by atoms with E-state index in [2.05, 4.69) is 26.0 Å². The van der Waals surface area contributed by atoms with Crippen molar-refractivity contribution in [2.45, 2.75) is 18.4 Å². The van der Waals surface area contributed by atoms with Gasteiger partial charge in [0, 0.05) is 30.0 Å². The van der Waals surface area contributed by atoms with Crippen molar-refractivity contribution in [2.75, 3.05) is 11.8 Å². The molecule has 0 amide bonds. The molecule has 0 aliphatic heterocycles. The van der Waals surface area contributed by atoms with Gasteiger partial charge in [0.1, 0.15) is 4.90 Å². The summed E-state index contributed by atoms with van der Waals surface area (Å²) in [6.07, 6.45) is 1.61. The lowest BCUT2D eigenvalue weighted by Gasteiger charge is -2.09. The summed E-state index contributed by atoms with van der Waals surface area (Å²) >= 11 is 3.36. The highest BCUT2D eigenvalue weighted by molar-refractivity contribution is 9.10. The number of benzene rings is 1. The molecule has 5 nitrogen and oxygen atoms in total. The van der Waals surface area contributed by atoms with Gasteiger partial charge in [0.15, 0.2) is 0 Å². The van der Waals surface area contributed by atoms with E-state index in [0.717, 1.165) is 11.3 Å². The summed E-state index contributed by atoms with van der Waals surface area (Å²) in [6, 6.07) is 7.20. The Morgan fingerprint density at radius 1 is 1.29 bits per heavy atom. The van der Waals surface area contributed by atoms with E-state index in [-0.39, 0.29) is 4.90 Å². The van der Waals surface area contributed by atoms with Gasteiger partial charge in [-0.1, -0.05) is 6.07 Å². The number of hydrogen-bond acceptors (Lipinski definition) is 3. The first kappa shape index (κ1) is 16.1. The van der Waals surface area contributed by atoms with Crippen LogP contribution in [0.4, 0.5) is 5.69 Å². The molecular weight excluding hydrogens is 354 g/mol. The van der Waals surface area contributed by atoms with Crippen molar-refractivity contribution in [3.63, 3.8) is 0 Å². The van der Waals surface area contributed by atoms with Crippen molar-refractivity contribution in [1.82, 2.24) is 9.88 Å². The number of sulfonamides is 1. The monoisotopic (exact) mass is 371 g/mol. The van der Waals surface area contributed by atoms with Gasteiger partial charge in [-0.2, -0.15) is 0 Å². The second kappa shape index (κ2) is 6.21.